The zero-order chi connectivity index (χ0) is 13.3. The van der Waals surface area contributed by atoms with E-state index in [1.165, 1.54) is 17.1 Å². The predicted molar refractivity (Wildman–Crippen MR) is 57.9 cm³/mol. The van der Waals surface area contributed by atoms with Crippen LogP contribution in [0.4, 0.5) is 0 Å². The van der Waals surface area contributed by atoms with E-state index in [0.717, 1.165) is 12.5 Å². The monoisotopic (exact) mass is 271 g/mol. The molecular formula is C9H9N3O5S. The molecule has 0 aliphatic rings. The van der Waals surface area contributed by atoms with Crippen molar-refractivity contribution in [3.63, 3.8) is 0 Å². The summed E-state index contributed by atoms with van der Waals surface area (Å²) in [4.78, 5) is 10.9. The van der Waals surface area contributed by atoms with Crippen molar-refractivity contribution in [2.45, 2.75) is 11.4 Å². The predicted octanol–water partition coefficient (Wildman–Crippen LogP) is 0.0211. The van der Waals surface area contributed by atoms with Crippen LogP contribution in [0.3, 0.4) is 0 Å². The lowest BCUT2D eigenvalue weighted by Gasteiger charge is -1.97. The highest BCUT2D eigenvalue weighted by Crippen LogP contribution is 2.12. The van der Waals surface area contributed by atoms with Crippen molar-refractivity contribution in [1.29, 1.82) is 0 Å². The van der Waals surface area contributed by atoms with Gasteiger partial charge in [0.15, 0.2) is 15.6 Å². The number of sulfone groups is 1. The van der Waals surface area contributed by atoms with Gasteiger partial charge in [-0.2, -0.15) is 5.10 Å². The van der Waals surface area contributed by atoms with Crippen molar-refractivity contribution in [2.75, 3.05) is 6.26 Å². The maximum Gasteiger partial charge on any atom is 0.341 e. The maximum absolute atomic E-state index is 11.2. The normalized spacial score (nSPS) is 11.6. The topological polar surface area (TPSA) is 115 Å². The van der Waals surface area contributed by atoms with Gasteiger partial charge in [-0.3, -0.25) is 4.68 Å². The van der Waals surface area contributed by atoms with Gasteiger partial charge in [-0.05, 0) is 0 Å². The van der Waals surface area contributed by atoms with Crippen molar-refractivity contribution >= 4 is 15.8 Å². The summed E-state index contributed by atoms with van der Waals surface area (Å²) in [5, 5.41) is 16.0. The van der Waals surface area contributed by atoms with E-state index in [2.05, 4.69) is 10.3 Å². The van der Waals surface area contributed by atoms with Crippen LogP contribution in [0.15, 0.2) is 28.0 Å². The molecule has 0 radical (unpaired) electrons. The van der Waals surface area contributed by atoms with E-state index in [9.17, 15) is 13.2 Å². The van der Waals surface area contributed by atoms with Crippen molar-refractivity contribution in [2.24, 2.45) is 0 Å². The van der Waals surface area contributed by atoms with E-state index in [4.69, 9.17) is 9.63 Å². The fourth-order valence-electron chi connectivity index (χ4n) is 1.32. The number of carboxylic acid groups (broad SMARTS) is 1. The quantitative estimate of drug-likeness (QED) is 0.833. The lowest BCUT2D eigenvalue weighted by molar-refractivity contribution is 0.0694. The smallest absolute Gasteiger partial charge is 0.341 e. The Kier molecular flexibility index (Phi) is 2.91. The highest BCUT2D eigenvalue weighted by molar-refractivity contribution is 7.90. The first kappa shape index (κ1) is 12.3. The third-order valence-corrected chi connectivity index (χ3v) is 3.29. The van der Waals surface area contributed by atoms with Gasteiger partial charge in [0.25, 0.3) is 0 Å². The number of aromatic nitrogens is 3. The van der Waals surface area contributed by atoms with Gasteiger partial charge in [-0.25, -0.2) is 13.2 Å². The molecule has 0 aliphatic carbocycles. The molecule has 0 atom stereocenters. The Morgan fingerprint density at radius 3 is 2.78 bits per heavy atom. The minimum absolute atomic E-state index is 0.00282. The minimum Gasteiger partial charge on any atom is -0.478 e. The second-order valence-electron chi connectivity index (χ2n) is 3.61. The largest absolute Gasteiger partial charge is 0.478 e. The van der Waals surface area contributed by atoms with Crippen LogP contribution in [0.25, 0.3) is 0 Å². The number of nitrogens with zero attached hydrogens (tertiary/aromatic N) is 3. The van der Waals surface area contributed by atoms with E-state index in [0.29, 0.717) is 0 Å². The van der Waals surface area contributed by atoms with Crippen LogP contribution in [0, 0.1) is 0 Å². The zero-order valence-corrected chi connectivity index (χ0v) is 10.1. The zero-order valence-electron chi connectivity index (χ0n) is 9.27. The average Bonchev–Trinajstić information content (AvgIpc) is 2.85. The van der Waals surface area contributed by atoms with Gasteiger partial charge in [0.1, 0.15) is 17.0 Å². The van der Waals surface area contributed by atoms with Crippen molar-refractivity contribution in [1.82, 2.24) is 14.9 Å². The second-order valence-corrected chi connectivity index (χ2v) is 5.63. The molecule has 0 amide bonds. The van der Waals surface area contributed by atoms with Gasteiger partial charge in [0, 0.05) is 12.5 Å². The van der Waals surface area contributed by atoms with Crippen LogP contribution in [-0.2, 0) is 16.4 Å². The Hall–Kier alpha value is -2.16. The molecule has 1 N–H and O–H groups in total. The lowest BCUT2D eigenvalue weighted by atomic mass is 10.2. The summed E-state index contributed by atoms with van der Waals surface area (Å²) in [5.41, 5.74) is -0.0774. The van der Waals surface area contributed by atoms with Gasteiger partial charge in [-0.1, -0.05) is 5.16 Å². The number of rotatable bonds is 4. The summed E-state index contributed by atoms with van der Waals surface area (Å²) in [5.74, 6) is -1.06. The molecule has 0 fully saturated rings. The highest BCUT2D eigenvalue weighted by atomic mass is 32.2. The summed E-state index contributed by atoms with van der Waals surface area (Å²) in [6.45, 7) is -0.00282. The Balaban J connectivity index is 2.27. The van der Waals surface area contributed by atoms with E-state index in [1.807, 2.05) is 0 Å². The Morgan fingerprint density at radius 1 is 1.50 bits per heavy atom. The molecule has 2 heterocycles. The first-order chi connectivity index (χ1) is 8.38. The summed E-state index contributed by atoms with van der Waals surface area (Å²) >= 11 is 0. The molecule has 2 aromatic heterocycles. The van der Waals surface area contributed by atoms with Crippen LogP contribution < -0.4 is 0 Å². The molecule has 2 rings (SSSR count). The van der Waals surface area contributed by atoms with E-state index in [1.54, 1.807) is 0 Å². The fourth-order valence-corrected chi connectivity index (χ4v) is 1.87. The first-order valence-corrected chi connectivity index (χ1v) is 6.66. The van der Waals surface area contributed by atoms with Crippen LogP contribution in [-0.4, -0.2) is 40.7 Å². The molecule has 0 aliphatic heterocycles. The molecule has 8 nitrogen and oxygen atoms in total. The van der Waals surface area contributed by atoms with Crippen molar-refractivity contribution in [3.05, 3.63) is 29.9 Å². The molecule has 0 spiro atoms. The fraction of sp³-hybridized carbons (Fsp3) is 0.222. The number of carboxylic acids is 1. The summed E-state index contributed by atoms with van der Waals surface area (Å²) in [6.07, 6.45) is 4.62. The Labute approximate surface area is 102 Å². The van der Waals surface area contributed by atoms with Gasteiger partial charge in [-0.15, -0.1) is 0 Å². The van der Waals surface area contributed by atoms with Gasteiger partial charge in [0.05, 0.1) is 12.4 Å². The van der Waals surface area contributed by atoms with Crippen LogP contribution in [0.5, 0.6) is 0 Å². The number of hydrogen-bond donors (Lipinski definition) is 1. The molecule has 0 saturated carbocycles. The van der Waals surface area contributed by atoms with E-state index >= 15 is 0 Å². The number of carbonyl (C=O) groups is 1. The van der Waals surface area contributed by atoms with Crippen molar-refractivity contribution < 1.29 is 22.8 Å². The molecule has 2 aromatic rings. The molecule has 0 aromatic carbocycles. The SMILES string of the molecule is CS(=O)(=O)c1cnn(Cc2oncc2C(=O)O)c1. The number of aromatic carboxylic acids is 1. The first-order valence-electron chi connectivity index (χ1n) is 4.77. The average molecular weight is 271 g/mol. The molecule has 0 unspecified atom stereocenters. The summed E-state index contributed by atoms with van der Waals surface area (Å²) < 4.78 is 28.5. The molecular weight excluding hydrogens is 262 g/mol. The molecule has 18 heavy (non-hydrogen) atoms. The highest BCUT2D eigenvalue weighted by Gasteiger charge is 2.17. The Morgan fingerprint density at radius 2 is 2.22 bits per heavy atom. The van der Waals surface area contributed by atoms with E-state index in [-0.39, 0.29) is 22.8 Å². The lowest BCUT2D eigenvalue weighted by Crippen LogP contribution is -2.05. The minimum atomic E-state index is -3.33. The van der Waals surface area contributed by atoms with Crippen molar-refractivity contribution in [3.8, 4) is 0 Å². The third-order valence-electron chi connectivity index (χ3n) is 2.22. The van der Waals surface area contributed by atoms with Crippen LogP contribution in [0.1, 0.15) is 16.1 Å². The van der Waals surface area contributed by atoms with Crippen LogP contribution in [0.2, 0.25) is 0 Å². The third kappa shape index (κ3) is 2.40. The molecule has 9 heteroatoms. The van der Waals surface area contributed by atoms with Gasteiger partial charge >= 0.3 is 5.97 Å². The van der Waals surface area contributed by atoms with Gasteiger partial charge < -0.3 is 9.63 Å². The van der Waals surface area contributed by atoms with Crippen LogP contribution >= 0.6 is 0 Å². The summed E-state index contributed by atoms with van der Waals surface area (Å²) in [7, 11) is -3.33. The standard InChI is InChI=1S/C9H9N3O5S/c1-18(15,16)6-2-10-12(4-6)5-8-7(9(13)14)3-11-17-8/h2-4H,5H2,1H3,(H,13,14). The molecule has 96 valence electrons. The van der Waals surface area contributed by atoms with E-state index < -0.39 is 15.8 Å². The second kappa shape index (κ2) is 4.26. The summed E-state index contributed by atoms with van der Waals surface area (Å²) in [6, 6.07) is 0. The Bertz CT molecular complexity index is 685. The molecule has 0 saturated heterocycles. The van der Waals surface area contributed by atoms with Gasteiger partial charge in [0.2, 0.25) is 0 Å². The number of hydrogen-bond acceptors (Lipinski definition) is 6. The molecule has 0 bridgehead atoms. The maximum atomic E-state index is 11.2.